The lowest BCUT2D eigenvalue weighted by atomic mass is 10.1. The van der Waals surface area contributed by atoms with Gasteiger partial charge in [0.25, 0.3) is 10.0 Å². The lowest BCUT2D eigenvalue weighted by Gasteiger charge is -2.29. The van der Waals surface area contributed by atoms with Crippen molar-refractivity contribution in [2.24, 2.45) is 0 Å². The first-order valence-electron chi connectivity index (χ1n) is 6.97. The van der Waals surface area contributed by atoms with E-state index in [4.69, 9.17) is 4.74 Å². The van der Waals surface area contributed by atoms with E-state index in [9.17, 15) is 8.42 Å². The summed E-state index contributed by atoms with van der Waals surface area (Å²) in [6.07, 6.45) is 1.79. The summed E-state index contributed by atoms with van der Waals surface area (Å²) < 4.78 is 32.6. The zero-order valence-electron chi connectivity index (χ0n) is 12.5. The van der Waals surface area contributed by atoms with E-state index in [0.29, 0.717) is 16.3 Å². The van der Waals surface area contributed by atoms with Gasteiger partial charge in [0.05, 0.1) is 24.2 Å². The molecule has 0 N–H and O–H groups in total. The molecule has 0 bridgehead atoms. The number of methoxy groups -OCH3 is 1. The Bertz CT molecular complexity index is 823. The van der Waals surface area contributed by atoms with Crippen LogP contribution >= 0.6 is 0 Å². The molecular formula is C17H17NO3S. The van der Waals surface area contributed by atoms with Crippen LogP contribution in [0.2, 0.25) is 0 Å². The number of sulfonamides is 1. The molecule has 1 aliphatic heterocycles. The van der Waals surface area contributed by atoms with Crippen LogP contribution in [-0.2, 0) is 14.8 Å². The Labute approximate surface area is 130 Å². The Kier molecular flexibility index (Phi) is 3.66. The molecule has 3 rings (SSSR count). The van der Waals surface area contributed by atoms with E-state index in [2.05, 4.69) is 0 Å². The highest BCUT2D eigenvalue weighted by atomic mass is 32.2. The minimum Gasteiger partial charge on any atom is -0.496 e. The van der Waals surface area contributed by atoms with Gasteiger partial charge in [-0.05, 0) is 37.3 Å². The summed E-state index contributed by atoms with van der Waals surface area (Å²) >= 11 is 0. The highest BCUT2D eigenvalue weighted by Gasteiger charge is 2.29. The molecule has 0 spiro atoms. The maximum absolute atomic E-state index is 12.9. The molecule has 0 saturated heterocycles. The van der Waals surface area contributed by atoms with Crippen LogP contribution in [0.5, 0.6) is 0 Å². The van der Waals surface area contributed by atoms with Gasteiger partial charge in [-0.3, -0.25) is 4.31 Å². The van der Waals surface area contributed by atoms with Crippen molar-refractivity contribution < 1.29 is 13.2 Å². The summed E-state index contributed by atoms with van der Waals surface area (Å²) in [7, 11) is -2.00. The summed E-state index contributed by atoms with van der Waals surface area (Å²) in [5.74, 6) is 0.700. The second-order valence-corrected chi connectivity index (χ2v) is 7.00. The first kappa shape index (κ1) is 14.7. The van der Waals surface area contributed by atoms with Gasteiger partial charge in [0.2, 0.25) is 0 Å². The Morgan fingerprint density at radius 1 is 1.05 bits per heavy atom. The van der Waals surface area contributed by atoms with Crippen LogP contribution in [0.4, 0.5) is 5.69 Å². The lowest BCUT2D eigenvalue weighted by Crippen LogP contribution is -2.34. The van der Waals surface area contributed by atoms with Crippen molar-refractivity contribution in [3.63, 3.8) is 0 Å². The molecule has 0 saturated carbocycles. The molecule has 0 amide bonds. The van der Waals surface area contributed by atoms with Crippen molar-refractivity contribution in [2.75, 3.05) is 18.0 Å². The van der Waals surface area contributed by atoms with Gasteiger partial charge < -0.3 is 4.74 Å². The van der Waals surface area contributed by atoms with Crippen molar-refractivity contribution in [3.8, 4) is 0 Å². The second kappa shape index (κ2) is 5.50. The summed E-state index contributed by atoms with van der Waals surface area (Å²) in [4.78, 5) is 0.294. The van der Waals surface area contributed by atoms with Crippen molar-refractivity contribution in [3.05, 3.63) is 65.7 Å². The largest absolute Gasteiger partial charge is 0.496 e. The average molecular weight is 315 g/mol. The molecule has 2 aromatic carbocycles. The molecule has 5 heteroatoms. The van der Waals surface area contributed by atoms with E-state index in [1.54, 1.807) is 43.5 Å². The molecule has 1 heterocycles. The fraction of sp³-hybridized carbons (Fsp3) is 0.176. The van der Waals surface area contributed by atoms with E-state index in [1.165, 1.54) is 4.31 Å². The van der Waals surface area contributed by atoms with E-state index < -0.39 is 10.0 Å². The third-order valence-corrected chi connectivity index (χ3v) is 5.50. The van der Waals surface area contributed by atoms with Gasteiger partial charge in [0, 0.05) is 5.56 Å². The van der Waals surface area contributed by atoms with Gasteiger partial charge in [0.15, 0.2) is 0 Å². The Balaban J connectivity index is 2.10. The highest BCUT2D eigenvalue weighted by Crippen LogP contribution is 2.35. The molecule has 1 aliphatic rings. The molecule has 0 aromatic heterocycles. The van der Waals surface area contributed by atoms with Gasteiger partial charge >= 0.3 is 0 Å². The maximum atomic E-state index is 12.9. The quantitative estimate of drug-likeness (QED) is 0.874. The number of ether oxygens (including phenoxy) is 1. The van der Waals surface area contributed by atoms with E-state index in [1.807, 2.05) is 25.1 Å². The SMILES string of the molecule is COC1=CCN(S(=O)(=O)c2ccc(C)cc2)c2ccccc21. The highest BCUT2D eigenvalue weighted by molar-refractivity contribution is 7.92. The van der Waals surface area contributed by atoms with Crippen LogP contribution in [0.15, 0.2) is 59.5 Å². The second-order valence-electron chi connectivity index (χ2n) is 5.14. The number of rotatable bonds is 3. The molecule has 22 heavy (non-hydrogen) atoms. The fourth-order valence-electron chi connectivity index (χ4n) is 2.53. The standard InChI is InChI=1S/C17H17NO3S/c1-13-7-9-14(10-8-13)22(19,20)18-12-11-17(21-2)15-5-3-4-6-16(15)18/h3-11H,12H2,1-2H3. The van der Waals surface area contributed by atoms with Crippen LogP contribution in [0.25, 0.3) is 5.76 Å². The van der Waals surface area contributed by atoms with Gasteiger partial charge in [0.1, 0.15) is 5.76 Å². The van der Waals surface area contributed by atoms with Gasteiger partial charge in [-0.1, -0.05) is 29.8 Å². The molecule has 4 nitrogen and oxygen atoms in total. The Hall–Kier alpha value is -2.27. The number of hydrogen-bond acceptors (Lipinski definition) is 3. The van der Waals surface area contributed by atoms with Crippen LogP contribution in [0.3, 0.4) is 0 Å². The minimum absolute atomic E-state index is 0.260. The van der Waals surface area contributed by atoms with Crippen molar-refractivity contribution >= 4 is 21.5 Å². The monoisotopic (exact) mass is 315 g/mol. The molecule has 0 radical (unpaired) electrons. The van der Waals surface area contributed by atoms with E-state index in [-0.39, 0.29) is 6.54 Å². The third kappa shape index (κ3) is 2.37. The normalized spacial score (nSPS) is 14.3. The number of benzene rings is 2. The Morgan fingerprint density at radius 2 is 1.73 bits per heavy atom. The van der Waals surface area contributed by atoms with Crippen LogP contribution < -0.4 is 4.31 Å². The predicted octanol–water partition coefficient (Wildman–Crippen LogP) is 3.19. The fourth-order valence-corrected chi connectivity index (χ4v) is 3.96. The zero-order chi connectivity index (χ0) is 15.7. The first-order chi connectivity index (χ1) is 10.5. The smallest absolute Gasteiger partial charge is 0.264 e. The first-order valence-corrected chi connectivity index (χ1v) is 8.41. The predicted molar refractivity (Wildman–Crippen MR) is 87.1 cm³/mol. The van der Waals surface area contributed by atoms with Crippen LogP contribution in [-0.4, -0.2) is 22.1 Å². The van der Waals surface area contributed by atoms with Crippen LogP contribution in [0.1, 0.15) is 11.1 Å². The van der Waals surface area contributed by atoms with Gasteiger partial charge in [-0.15, -0.1) is 0 Å². The number of nitrogens with zero attached hydrogens (tertiary/aromatic N) is 1. The molecular weight excluding hydrogens is 298 g/mol. The summed E-state index contributed by atoms with van der Waals surface area (Å²) in [5.41, 5.74) is 2.45. The lowest BCUT2D eigenvalue weighted by molar-refractivity contribution is 0.368. The zero-order valence-corrected chi connectivity index (χ0v) is 13.3. The Morgan fingerprint density at radius 3 is 2.41 bits per heavy atom. The van der Waals surface area contributed by atoms with Gasteiger partial charge in [-0.25, -0.2) is 8.42 Å². The molecule has 0 atom stereocenters. The summed E-state index contributed by atoms with van der Waals surface area (Å²) in [5, 5.41) is 0. The third-order valence-electron chi connectivity index (χ3n) is 3.71. The van der Waals surface area contributed by atoms with Crippen LogP contribution in [0, 0.1) is 6.92 Å². The number of para-hydroxylation sites is 1. The molecule has 114 valence electrons. The van der Waals surface area contributed by atoms with E-state index >= 15 is 0 Å². The maximum Gasteiger partial charge on any atom is 0.264 e. The van der Waals surface area contributed by atoms with Gasteiger partial charge in [-0.2, -0.15) is 0 Å². The van der Waals surface area contributed by atoms with Crippen molar-refractivity contribution in [2.45, 2.75) is 11.8 Å². The van der Waals surface area contributed by atoms with E-state index in [0.717, 1.165) is 11.1 Å². The topological polar surface area (TPSA) is 46.6 Å². The van der Waals surface area contributed by atoms with Crippen molar-refractivity contribution in [1.29, 1.82) is 0 Å². The number of aryl methyl sites for hydroxylation is 1. The average Bonchev–Trinajstić information content (AvgIpc) is 2.54. The summed E-state index contributed by atoms with van der Waals surface area (Å²) in [6, 6.07) is 14.3. The van der Waals surface area contributed by atoms with Crippen molar-refractivity contribution in [1.82, 2.24) is 0 Å². The number of anilines is 1. The molecule has 0 fully saturated rings. The number of fused-ring (bicyclic) bond motifs is 1. The molecule has 0 aliphatic carbocycles. The molecule has 0 unspecified atom stereocenters. The molecule has 2 aromatic rings. The minimum atomic E-state index is -3.59. The number of hydrogen-bond donors (Lipinski definition) is 0. The summed E-state index contributed by atoms with van der Waals surface area (Å²) in [6.45, 7) is 2.19.